The number of thioether (sulfide) groups is 1. The van der Waals surface area contributed by atoms with Crippen LogP contribution in [-0.2, 0) is 20.9 Å². The van der Waals surface area contributed by atoms with Gasteiger partial charge in [-0.2, -0.15) is 0 Å². The van der Waals surface area contributed by atoms with Crippen LogP contribution in [0.25, 0.3) is 0 Å². The number of hydrogen-bond donors (Lipinski definition) is 0. The molecule has 0 N–H and O–H groups in total. The van der Waals surface area contributed by atoms with Gasteiger partial charge >= 0.3 is 6.03 Å². The monoisotopic (exact) mass is 430 g/mol. The van der Waals surface area contributed by atoms with Crippen molar-refractivity contribution in [1.82, 2.24) is 4.90 Å². The minimum atomic E-state index is -1.53. The van der Waals surface area contributed by atoms with Crippen LogP contribution in [0.3, 0.4) is 0 Å². The summed E-state index contributed by atoms with van der Waals surface area (Å²) in [6, 6.07) is 26.5. The quantitative estimate of drug-likeness (QED) is 0.526. The molecule has 6 heteroatoms. The Hall–Kier alpha value is -3.38. The molecule has 0 bridgehead atoms. The highest BCUT2D eigenvalue weighted by molar-refractivity contribution is 8.01. The van der Waals surface area contributed by atoms with Gasteiger partial charge < -0.3 is 0 Å². The first-order valence-electron chi connectivity index (χ1n) is 10.1. The van der Waals surface area contributed by atoms with Gasteiger partial charge in [0.05, 0.1) is 12.2 Å². The van der Waals surface area contributed by atoms with Crippen molar-refractivity contribution in [2.24, 2.45) is 0 Å². The molecule has 0 aliphatic carbocycles. The number of hydrogen-bond acceptors (Lipinski definition) is 4. The molecule has 1 fully saturated rings. The minimum Gasteiger partial charge on any atom is -0.272 e. The third-order valence-corrected chi connectivity index (χ3v) is 6.52. The predicted molar refractivity (Wildman–Crippen MR) is 123 cm³/mol. The highest BCUT2D eigenvalue weighted by Crippen LogP contribution is 2.44. The number of para-hydroxylation sites is 1. The Bertz CT molecular complexity index is 1090. The number of carbonyl (C=O) groups is 3. The van der Waals surface area contributed by atoms with Gasteiger partial charge in [-0.25, -0.2) is 9.69 Å². The maximum Gasteiger partial charge on any atom is 0.338 e. The van der Waals surface area contributed by atoms with Gasteiger partial charge in [0.1, 0.15) is 0 Å². The Labute approximate surface area is 185 Å². The van der Waals surface area contributed by atoms with Crippen LogP contribution < -0.4 is 4.90 Å². The number of amides is 4. The van der Waals surface area contributed by atoms with E-state index in [0.29, 0.717) is 17.0 Å². The summed E-state index contributed by atoms with van der Waals surface area (Å²) < 4.78 is -1.53. The van der Waals surface area contributed by atoms with Crippen LogP contribution in [0.15, 0.2) is 91.0 Å². The summed E-state index contributed by atoms with van der Waals surface area (Å²) in [5, 5.41) is 0. The highest BCUT2D eigenvalue weighted by atomic mass is 32.2. The van der Waals surface area contributed by atoms with Gasteiger partial charge in [0.15, 0.2) is 4.75 Å². The van der Waals surface area contributed by atoms with E-state index in [1.54, 1.807) is 48.5 Å². The molecule has 0 saturated carbocycles. The summed E-state index contributed by atoms with van der Waals surface area (Å²) in [5.41, 5.74) is 1.83. The fourth-order valence-corrected chi connectivity index (χ4v) is 4.97. The van der Waals surface area contributed by atoms with E-state index in [9.17, 15) is 14.4 Å². The third kappa shape index (κ3) is 3.64. The fourth-order valence-electron chi connectivity index (χ4n) is 3.79. The van der Waals surface area contributed by atoms with Crippen LogP contribution in [-0.4, -0.2) is 28.5 Å². The second-order valence-corrected chi connectivity index (χ2v) is 8.59. The molecule has 4 rings (SSSR count). The van der Waals surface area contributed by atoms with Crippen LogP contribution in [0, 0.1) is 0 Å². The molecule has 31 heavy (non-hydrogen) atoms. The smallest absolute Gasteiger partial charge is 0.272 e. The summed E-state index contributed by atoms with van der Waals surface area (Å²) in [7, 11) is 0. The van der Waals surface area contributed by atoms with Gasteiger partial charge in [-0.05, 0) is 29.0 Å². The van der Waals surface area contributed by atoms with Crippen molar-refractivity contribution in [3.05, 3.63) is 102 Å². The number of urea groups is 1. The van der Waals surface area contributed by atoms with Crippen LogP contribution in [0.1, 0.15) is 18.1 Å². The van der Waals surface area contributed by atoms with E-state index in [1.165, 1.54) is 16.7 Å². The lowest BCUT2D eigenvalue weighted by Gasteiger charge is -2.43. The number of imide groups is 2. The number of rotatable bonds is 6. The zero-order valence-electron chi connectivity index (χ0n) is 17.1. The normalized spacial score (nSPS) is 19.1. The predicted octanol–water partition coefficient (Wildman–Crippen LogP) is 4.83. The maximum atomic E-state index is 13.9. The molecule has 3 aromatic rings. The Morgan fingerprint density at radius 3 is 1.87 bits per heavy atom. The average molecular weight is 431 g/mol. The molecule has 0 aromatic heterocycles. The Morgan fingerprint density at radius 1 is 0.742 bits per heavy atom. The zero-order valence-corrected chi connectivity index (χ0v) is 17.9. The van der Waals surface area contributed by atoms with Crippen molar-refractivity contribution < 1.29 is 14.4 Å². The molecular weight excluding hydrogens is 408 g/mol. The molecule has 0 radical (unpaired) electrons. The first-order chi connectivity index (χ1) is 15.1. The van der Waals surface area contributed by atoms with Crippen LogP contribution in [0.5, 0.6) is 0 Å². The Balaban J connectivity index is 1.90. The molecule has 1 atom stereocenters. The largest absolute Gasteiger partial charge is 0.338 e. The molecule has 3 aromatic carbocycles. The van der Waals surface area contributed by atoms with E-state index in [-0.39, 0.29) is 6.54 Å². The topological polar surface area (TPSA) is 57.7 Å². The van der Waals surface area contributed by atoms with Gasteiger partial charge in [0.25, 0.3) is 11.8 Å². The summed E-state index contributed by atoms with van der Waals surface area (Å²) in [4.78, 5) is 43.6. The highest BCUT2D eigenvalue weighted by Gasteiger charge is 2.59. The van der Waals surface area contributed by atoms with Gasteiger partial charge in [0.2, 0.25) is 0 Å². The minimum absolute atomic E-state index is 0.0912. The van der Waals surface area contributed by atoms with Crippen molar-refractivity contribution in [1.29, 1.82) is 0 Å². The molecule has 156 valence electrons. The lowest BCUT2D eigenvalue weighted by Crippen LogP contribution is -2.66. The number of barbiturate groups is 1. The van der Waals surface area contributed by atoms with Crippen molar-refractivity contribution >= 4 is 35.3 Å². The average Bonchev–Trinajstić information content (AvgIpc) is 2.82. The molecule has 4 amide bonds. The second-order valence-electron chi connectivity index (χ2n) is 7.12. The van der Waals surface area contributed by atoms with Crippen molar-refractivity contribution in [2.75, 3.05) is 10.7 Å². The molecule has 1 aliphatic rings. The van der Waals surface area contributed by atoms with Gasteiger partial charge in [0, 0.05) is 0 Å². The van der Waals surface area contributed by atoms with E-state index < -0.39 is 22.6 Å². The maximum absolute atomic E-state index is 13.9. The van der Waals surface area contributed by atoms with Gasteiger partial charge in [-0.15, -0.1) is 11.8 Å². The van der Waals surface area contributed by atoms with Crippen LogP contribution in [0.2, 0.25) is 0 Å². The number of carbonyl (C=O) groups excluding carboxylic acids is 3. The van der Waals surface area contributed by atoms with Crippen LogP contribution >= 0.6 is 11.8 Å². The fraction of sp³-hybridized carbons (Fsp3) is 0.160. The van der Waals surface area contributed by atoms with E-state index in [0.717, 1.165) is 10.5 Å². The molecule has 0 spiro atoms. The Morgan fingerprint density at radius 2 is 1.29 bits per heavy atom. The van der Waals surface area contributed by atoms with Crippen molar-refractivity contribution in [3.8, 4) is 0 Å². The van der Waals surface area contributed by atoms with Crippen LogP contribution in [0.4, 0.5) is 10.5 Å². The van der Waals surface area contributed by atoms with E-state index in [4.69, 9.17) is 0 Å². The summed E-state index contributed by atoms with van der Waals surface area (Å²) >= 11 is 1.25. The first kappa shape index (κ1) is 20.9. The number of anilines is 1. The summed E-state index contributed by atoms with van der Waals surface area (Å²) in [6.45, 7) is 1.99. The molecule has 1 unspecified atom stereocenters. The summed E-state index contributed by atoms with van der Waals surface area (Å²) in [6.07, 6.45) is 0. The molecular formula is C25H22N2O3S. The number of nitrogens with zero attached hydrogens (tertiary/aromatic N) is 2. The lowest BCUT2D eigenvalue weighted by atomic mass is 9.92. The van der Waals surface area contributed by atoms with E-state index >= 15 is 0 Å². The molecule has 1 saturated heterocycles. The lowest BCUT2D eigenvalue weighted by molar-refractivity contribution is -0.139. The summed E-state index contributed by atoms with van der Waals surface area (Å²) in [5.74, 6) is -0.504. The molecule has 1 aliphatic heterocycles. The van der Waals surface area contributed by atoms with Crippen molar-refractivity contribution in [2.45, 2.75) is 18.2 Å². The van der Waals surface area contributed by atoms with E-state index in [2.05, 4.69) is 0 Å². The van der Waals surface area contributed by atoms with Crippen molar-refractivity contribution in [3.63, 3.8) is 0 Å². The van der Waals surface area contributed by atoms with E-state index in [1.807, 2.05) is 49.4 Å². The molecule has 5 nitrogen and oxygen atoms in total. The third-order valence-electron chi connectivity index (χ3n) is 5.21. The number of benzene rings is 3. The second kappa shape index (κ2) is 8.78. The molecule has 1 heterocycles. The standard InChI is InChI=1S/C25H22N2O3S/c1-2-31-25(20-14-8-4-9-15-20)22(28)26(18-19-12-6-3-7-13-19)24(30)27(23(25)29)21-16-10-5-11-17-21/h3-17H,2,18H2,1H3. The van der Waals surface area contributed by atoms with Gasteiger partial charge in [-0.1, -0.05) is 85.8 Å². The van der Waals surface area contributed by atoms with Gasteiger partial charge in [-0.3, -0.25) is 14.5 Å². The Kier molecular flexibility index (Phi) is 5.91. The first-order valence-corrected chi connectivity index (χ1v) is 11.1. The SMILES string of the molecule is CCSC1(c2ccccc2)C(=O)N(Cc2ccccc2)C(=O)N(c2ccccc2)C1=O. The zero-order chi connectivity index (χ0) is 21.8.